The van der Waals surface area contributed by atoms with Gasteiger partial charge in [-0.25, -0.2) is 0 Å². The van der Waals surface area contributed by atoms with Crippen LogP contribution in [0.5, 0.6) is 0 Å². The zero-order valence-corrected chi connectivity index (χ0v) is 12.9. The predicted octanol–water partition coefficient (Wildman–Crippen LogP) is 5.01. The first-order valence-electron chi connectivity index (χ1n) is 5.67. The molecule has 0 bridgehead atoms. The van der Waals surface area contributed by atoms with E-state index in [1.54, 1.807) is 12.1 Å². The van der Waals surface area contributed by atoms with E-state index in [9.17, 15) is 13.2 Å². The number of alkyl halides is 3. The molecule has 0 amide bonds. The molecule has 0 unspecified atom stereocenters. The van der Waals surface area contributed by atoms with Crippen LogP contribution in [0.4, 0.5) is 18.9 Å². The van der Waals surface area contributed by atoms with Gasteiger partial charge in [-0.1, -0.05) is 34.8 Å². The van der Waals surface area contributed by atoms with Crippen molar-refractivity contribution in [1.82, 2.24) is 9.78 Å². The number of nitrogens with zero attached hydrogens (tertiary/aromatic N) is 2. The third-order valence-electron chi connectivity index (χ3n) is 2.73. The van der Waals surface area contributed by atoms with Gasteiger partial charge in [0.15, 0.2) is 5.69 Å². The number of nitrogens with one attached hydrogen (secondary N) is 1. The van der Waals surface area contributed by atoms with E-state index in [4.69, 9.17) is 34.8 Å². The number of halogens is 6. The number of aryl methyl sites for hydroxylation is 1. The molecule has 1 N–H and O–H groups in total. The molecule has 9 heteroatoms. The van der Waals surface area contributed by atoms with Crippen LogP contribution in [0, 0.1) is 0 Å². The summed E-state index contributed by atoms with van der Waals surface area (Å²) >= 11 is 17.5. The Kier molecular flexibility index (Phi) is 4.60. The van der Waals surface area contributed by atoms with Crippen LogP contribution < -0.4 is 5.32 Å². The molecule has 0 aliphatic rings. The highest BCUT2D eigenvalue weighted by Gasteiger charge is 2.38. The van der Waals surface area contributed by atoms with Crippen molar-refractivity contribution in [2.45, 2.75) is 12.7 Å². The minimum Gasteiger partial charge on any atom is -0.381 e. The predicted molar refractivity (Wildman–Crippen MR) is 77.0 cm³/mol. The quantitative estimate of drug-likeness (QED) is 0.836. The summed E-state index contributed by atoms with van der Waals surface area (Å²) in [5, 5.41) is 6.80. The average Bonchev–Trinajstić information content (AvgIpc) is 2.67. The monoisotopic (exact) mass is 357 g/mol. The molecule has 0 saturated heterocycles. The first-order chi connectivity index (χ1) is 9.70. The standard InChI is InChI=1S/C12H9Cl3F3N3/c1-21-11(15)7(10(20-21)12(16,17)18)5-19-6-2-3-8(13)9(14)4-6/h2-4,19H,5H2,1H3. The Morgan fingerprint density at radius 2 is 1.86 bits per heavy atom. The van der Waals surface area contributed by atoms with Crippen LogP contribution in [-0.2, 0) is 19.8 Å². The summed E-state index contributed by atoms with van der Waals surface area (Å²) in [5.74, 6) is 0. The van der Waals surface area contributed by atoms with E-state index in [-0.39, 0.29) is 17.3 Å². The maximum Gasteiger partial charge on any atom is 0.435 e. The van der Waals surface area contributed by atoms with Crippen molar-refractivity contribution in [3.63, 3.8) is 0 Å². The van der Waals surface area contributed by atoms with Gasteiger partial charge in [-0.05, 0) is 18.2 Å². The van der Waals surface area contributed by atoms with Gasteiger partial charge in [-0.2, -0.15) is 18.3 Å². The van der Waals surface area contributed by atoms with Gasteiger partial charge in [0.1, 0.15) is 5.15 Å². The third-order valence-corrected chi connectivity index (χ3v) is 3.94. The number of hydrogen-bond acceptors (Lipinski definition) is 2. The lowest BCUT2D eigenvalue weighted by molar-refractivity contribution is -0.142. The SMILES string of the molecule is Cn1nc(C(F)(F)F)c(CNc2ccc(Cl)c(Cl)c2)c1Cl. The van der Waals surface area contributed by atoms with E-state index in [2.05, 4.69) is 10.4 Å². The highest BCUT2D eigenvalue weighted by Crippen LogP contribution is 2.34. The summed E-state index contributed by atoms with van der Waals surface area (Å²) < 4.78 is 39.6. The van der Waals surface area contributed by atoms with Crippen LogP contribution in [0.1, 0.15) is 11.3 Å². The van der Waals surface area contributed by atoms with Crippen molar-refractivity contribution in [2.24, 2.45) is 7.05 Å². The van der Waals surface area contributed by atoms with Gasteiger partial charge in [0.05, 0.1) is 10.0 Å². The summed E-state index contributed by atoms with van der Waals surface area (Å²) in [5.41, 5.74) is -0.613. The fourth-order valence-corrected chi connectivity index (χ4v) is 2.22. The van der Waals surface area contributed by atoms with E-state index in [0.29, 0.717) is 15.7 Å². The Morgan fingerprint density at radius 1 is 1.19 bits per heavy atom. The van der Waals surface area contributed by atoms with Crippen molar-refractivity contribution in [3.8, 4) is 0 Å². The van der Waals surface area contributed by atoms with Crippen LogP contribution in [0.25, 0.3) is 0 Å². The Labute approximate surface area is 133 Å². The third kappa shape index (κ3) is 3.56. The molecule has 0 radical (unpaired) electrons. The molecule has 2 rings (SSSR count). The number of rotatable bonds is 3. The van der Waals surface area contributed by atoms with Crippen LogP contribution in [0.3, 0.4) is 0 Å². The lowest BCUT2D eigenvalue weighted by Gasteiger charge is -2.09. The molecule has 0 spiro atoms. The Balaban J connectivity index is 2.25. The molecular weight excluding hydrogens is 350 g/mol. The van der Waals surface area contributed by atoms with E-state index < -0.39 is 11.9 Å². The molecule has 1 aromatic heterocycles. The zero-order valence-electron chi connectivity index (χ0n) is 10.6. The number of hydrogen-bond donors (Lipinski definition) is 1. The number of benzene rings is 1. The van der Waals surface area contributed by atoms with Crippen LogP contribution >= 0.6 is 34.8 Å². The summed E-state index contributed by atoms with van der Waals surface area (Å²) in [7, 11) is 1.35. The lowest BCUT2D eigenvalue weighted by Crippen LogP contribution is -2.11. The van der Waals surface area contributed by atoms with Gasteiger partial charge < -0.3 is 5.32 Å². The van der Waals surface area contributed by atoms with Gasteiger partial charge in [0, 0.05) is 24.8 Å². The van der Waals surface area contributed by atoms with Crippen molar-refractivity contribution in [2.75, 3.05) is 5.32 Å². The smallest absolute Gasteiger partial charge is 0.381 e. The molecule has 114 valence electrons. The van der Waals surface area contributed by atoms with Crippen LogP contribution in [0.15, 0.2) is 18.2 Å². The van der Waals surface area contributed by atoms with Crippen LogP contribution in [0.2, 0.25) is 15.2 Å². The van der Waals surface area contributed by atoms with E-state index in [1.807, 2.05) is 0 Å². The molecular formula is C12H9Cl3F3N3. The van der Waals surface area contributed by atoms with E-state index in [0.717, 1.165) is 4.68 Å². The summed E-state index contributed by atoms with van der Waals surface area (Å²) in [6, 6.07) is 4.66. The fourth-order valence-electron chi connectivity index (χ4n) is 1.73. The number of aromatic nitrogens is 2. The zero-order chi connectivity index (χ0) is 15.8. The average molecular weight is 359 g/mol. The fraction of sp³-hybridized carbons (Fsp3) is 0.250. The minimum absolute atomic E-state index is 0.0742. The Morgan fingerprint density at radius 3 is 2.43 bits per heavy atom. The highest BCUT2D eigenvalue weighted by molar-refractivity contribution is 6.42. The molecule has 1 aromatic carbocycles. The van der Waals surface area contributed by atoms with Crippen molar-refractivity contribution in [1.29, 1.82) is 0 Å². The summed E-state index contributed by atoms with van der Waals surface area (Å²) in [6.45, 7) is -0.139. The van der Waals surface area contributed by atoms with Crippen LogP contribution in [-0.4, -0.2) is 9.78 Å². The molecule has 0 aliphatic heterocycles. The van der Waals surface area contributed by atoms with E-state index in [1.165, 1.54) is 13.1 Å². The molecule has 0 fully saturated rings. The highest BCUT2D eigenvalue weighted by atomic mass is 35.5. The maximum atomic E-state index is 12.9. The normalized spacial score (nSPS) is 11.8. The van der Waals surface area contributed by atoms with Gasteiger partial charge >= 0.3 is 6.18 Å². The molecule has 1 heterocycles. The van der Waals surface area contributed by atoms with Gasteiger partial charge in [0.25, 0.3) is 0 Å². The minimum atomic E-state index is -4.57. The molecule has 0 atom stereocenters. The van der Waals surface area contributed by atoms with E-state index >= 15 is 0 Å². The molecule has 0 saturated carbocycles. The van der Waals surface area contributed by atoms with Gasteiger partial charge in [-0.3, -0.25) is 4.68 Å². The number of anilines is 1. The van der Waals surface area contributed by atoms with Gasteiger partial charge in [-0.15, -0.1) is 0 Å². The first kappa shape index (κ1) is 16.3. The van der Waals surface area contributed by atoms with Gasteiger partial charge in [0.2, 0.25) is 0 Å². The van der Waals surface area contributed by atoms with Crippen molar-refractivity contribution < 1.29 is 13.2 Å². The molecule has 2 aromatic rings. The topological polar surface area (TPSA) is 29.9 Å². The molecule has 21 heavy (non-hydrogen) atoms. The Bertz CT molecular complexity index is 668. The summed E-state index contributed by atoms with van der Waals surface area (Å²) in [6.07, 6.45) is -4.57. The Hall–Kier alpha value is -1.11. The lowest BCUT2D eigenvalue weighted by atomic mass is 10.2. The summed E-state index contributed by atoms with van der Waals surface area (Å²) in [4.78, 5) is 0. The van der Waals surface area contributed by atoms with Crippen molar-refractivity contribution >= 4 is 40.5 Å². The first-order valence-corrected chi connectivity index (χ1v) is 6.81. The largest absolute Gasteiger partial charge is 0.435 e. The van der Waals surface area contributed by atoms with Crippen molar-refractivity contribution in [3.05, 3.63) is 44.7 Å². The molecule has 0 aliphatic carbocycles. The second-order valence-electron chi connectivity index (χ2n) is 4.22. The maximum absolute atomic E-state index is 12.9. The molecule has 3 nitrogen and oxygen atoms in total. The second kappa shape index (κ2) is 5.94. The second-order valence-corrected chi connectivity index (χ2v) is 5.39.